The minimum atomic E-state index is -1.22. The van der Waals surface area contributed by atoms with Gasteiger partial charge < -0.3 is 30.1 Å². The van der Waals surface area contributed by atoms with Crippen LogP contribution in [-0.4, -0.2) is 81.4 Å². The zero-order valence-electron chi connectivity index (χ0n) is 21.7. The number of carbonyl (C=O) groups is 2. The third-order valence-electron chi connectivity index (χ3n) is 5.93. The number of urea groups is 1. The van der Waals surface area contributed by atoms with Gasteiger partial charge in [0.1, 0.15) is 23.1 Å². The van der Waals surface area contributed by atoms with Crippen molar-refractivity contribution in [2.45, 2.75) is 45.4 Å². The Kier molecular flexibility index (Phi) is 8.73. The normalized spacial score (nSPS) is 18.4. The van der Waals surface area contributed by atoms with Crippen LogP contribution in [0.3, 0.4) is 0 Å². The second-order valence-electron chi connectivity index (χ2n) is 9.83. The topological polar surface area (TPSA) is 115 Å². The van der Waals surface area contributed by atoms with E-state index in [9.17, 15) is 24.2 Å². The van der Waals surface area contributed by atoms with Gasteiger partial charge in [0.05, 0.1) is 19.2 Å². The van der Waals surface area contributed by atoms with Crippen LogP contribution >= 0.6 is 0 Å². The number of amides is 3. The van der Waals surface area contributed by atoms with Crippen molar-refractivity contribution in [2.24, 2.45) is 5.92 Å². The summed E-state index contributed by atoms with van der Waals surface area (Å²) in [6.07, 6.45) is 0.920. The van der Waals surface area contributed by atoms with Gasteiger partial charge in [0.15, 0.2) is 0 Å². The molecule has 3 amide bonds. The Morgan fingerprint density at radius 1 is 1.38 bits per heavy atom. The number of aliphatic hydroxyl groups excluding tert-OH is 1. The number of ether oxygens (including phenoxy) is 1. The number of pyridine rings is 1. The van der Waals surface area contributed by atoms with Crippen molar-refractivity contribution < 1.29 is 28.9 Å². The average Bonchev–Trinajstić information content (AvgIpc) is 2.85. The lowest BCUT2D eigenvalue weighted by molar-refractivity contribution is 0.0356. The molecule has 9 nitrogen and oxygen atoms in total. The molecule has 2 heterocycles. The first-order chi connectivity index (χ1) is 17.4. The highest BCUT2D eigenvalue weighted by Crippen LogP contribution is 2.27. The minimum Gasteiger partial charge on any atom is -0.472 e. The van der Waals surface area contributed by atoms with E-state index >= 15 is 0 Å². The molecule has 0 unspecified atom stereocenters. The molecular formula is C27H33FN4O5. The summed E-state index contributed by atoms with van der Waals surface area (Å²) in [6, 6.07) is 6.12. The number of nitrogens with zero attached hydrogens (tertiary/aromatic N) is 3. The van der Waals surface area contributed by atoms with Gasteiger partial charge in [-0.2, -0.15) is 0 Å². The van der Waals surface area contributed by atoms with E-state index in [-0.39, 0.29) is 43.0 Å². The first-order valence-corrected chi connectivity index (χ1v) is 12.0. The molecule has 1 aromatic heterocycles. The van der Waals surface area contributed by atoms with Gasteiger partial charge in [0.2, 0.25) is 5.88 Å². The van der Waals surface area contributed by atoms with E-state index in [1.807, 2.05) is 6.92 Å². The molecule has 10 heteroatoms. The van der Waals surface area contributed by atoms with Gasteiger partial charge in [-0.3, -0.25) is 4.79 Å². The molecule has 0 saturated carbocycles. The maximum absolute atomic E-state index is 13.4. The molecule has 1 aliphatic heterocycles. The lowest BCUT2D eigenvalue weighted by Crippen LogP contribution is -2.50. The second kappa shape index (κ2) is 11.6. The first kappa shape index (κ1) is 27.9. The number of hydrogen-bond acceptors (Lipinski definition) is 6. The highest BCUT2D eigenvalue weighted by atomic mass is 19.1. The van der Waals surface area contributed by atoms with E-state index in [1.165, 1.54) is 35.4 Å². The Labute approximate surface area is 216 Å². The van der Waals surface area contributed by atoms with E-state index in [2.05, 4.69) is 22.1 Å². The third kappa shape index (κ3) is 7.41. The molecule has 37 heavy (non-hydrogen) atoms. The van der Waals surface area contributed by atoms with Gasteiger partial charge in [-0.25, -0.2) is 14.2 Å². The molecule has 198 valence electrons. The number of likely N-dealkylation sites (N-methyl/N-ethyl adjacent to an activating group) is 1. The van der Waals surface area contributed by atoms with Crippen molar-refractivity contribution >= 4 is 17.6 Å². The van der Waals surface area contributed by atoms with Crippen LogP contribution in [0.2, 0.25) is 0 Å². The van der Waals surface area contributed by atoms with Crippen LogP contribution in [0.5, 0.6) is 5.88 Å². The number of rotatable bonds is 5. The monoisotopic (exact) mass is 512 g/mol. The predicted octanol–water partition coefficient (Wildman–Crippen LogP) is 2.73. The largest absolute Gasteiger partial charge is 0.472 e. The summed E-state index contributed by atoms with van der Waals surface area (Å²) in [5.74, 6) is 4.63. The summed E-state index contributed by atoms with van der Waals surface area (Å²) in [6.45, 7) is 6.96. The standard InChI is InChI=1S/C27H33FN4O5/c1-17-14-32(18(2)16-33)25(34)22-12-19(10-11-27(3,4)36)13-29-24(22)37-23(17)15-31(5)26(35)30-21-8-6-20(28)7-9-21/h6-9,12-13,17-18,23,33,36H,14-16H2,1-5H3,(H,30,35)/t17-,18+,23-/m0/s1. The number of nitrogens with one attached hydrogen (secondary N) is 1. The number of halogens is 1. The van der Waals surface area contributed by atoms with E-state index in [0.29, 0.717) is 11.3 Å². The Morgan fingerprint density at radius 2 is 2.05 bits per heavy atom. The molecular weight excluding hydrogens is 479 g/mol. The van der Waals surface area contributed by atoms with Crippen LogP contribution < -0.4 is 10.1 Å². The van der Waals surface area contributed by atoms with E-state index < -0.39 is 29.6 Å². The maximum Gasteiger partial charge on any atom is 0.321 e. The fraction of sp³-hybridized carbons (Fsp3) is 0.444. The Morgan fingerprint density at radius 3 is 2.68 bits per heavy atom. The number of aliphatic hydroxyl groups is 2. The molecule has 1 aliphatic rings. The van der Waals surface area contributed by atoms with E-state index in [4.69, 9.17) is 4.74 Å². The van der Waals surface area contributed by atoms with Crippen molar-refractivity contribution in [2.75, 3.05) is 32.1 Å². The SMILES string of the molecule is C[C@H](CO)N1C[C@H](C)[C@H](CN(C)C(=O)Nc2ccc(F)cc2)Oc2ncc(C#CC(C)(C)O)cc2C1=O. The molecule has 2 aromatic rings. The molecule has 0 aliphatic carbocycles. The highest BCUT2D eigenvalue weighted by molar-refractivity contribution is 5.97. The van der Waals surface area contributed by atoms with Crippen molar-refractivity contribution in [3.63, 3.8) is 0 Å². The number of benzene rings is 1. The second-order valence-corrected chi connectivity index (χ2v) is 9.83. The molecule has 0 fully saturated rings. The average molecular weight is 513 g/mol. The fourth-order valence-electron chi connectivity index (χ4n) is 3.72. The van der Waals surface area contributed by atoms with Crippen LogP contribution in [0.15, 0.2) is 36.5 Å². The Hall–Kier alpha value is -3.68. The van der Waals surface area contributed by atoms with Gasteiger partial charge in [-0.15, -0.1) is 0 Å². The maximum atomic E-state index is 13.4. The van der Waals surface area contributed by atoms with Gasteiger partial charge >= 0.3 is 6.03 Å². The van der Waals surface area contributed by atoms with Crippen molar-refractivity contribution in [1.82, 2.24) is 14.8 Å². The summed E-state index contributed by atoms with van der Waals surface area (Å²) >= 11 is 0. The Balaban J connectivity index is 1.89. The number of fused-ring (bicyclic) bond motifs is 1. The number of carbonyl (C=O) groups excluding carboxylic acids is 2. The molecule has 1 aromatic carbocycles. The zero-order chi connectivity index (χ0) is 27.3. The lowest BCUT2D eigenvalue weighted by atomic mass is 10.00. The summed E-state index contributed by atoms with van der Waals surface area (Å²) in [5, 5.41) is 22.4. The summed E-state index contributed by atoms with van der Waals surface area (Å²) in [4.78, 5) is 33.5. The molecule has 0 radical (unpaired) electrons. The molecule has 0 spiro atoms. The molecule has 3 atom stereocenters. The highest BCUT2D eigenvalue weighted by Gasteiger charge is 2.34. The van der Waals surface area contributed by atoms with Gasteiger partial charge in [-0.1, -0.05) is 18.8 Å². The smallest absolute Gasteiger partial charge is 0.321 e. The first-order valence-electron chi connectivity index (χ1n) is 12.0. The van der Waals surface area contributed by atoms with Crippen LogP contribution in [-0.2, 0) is 0 Å². The van der Waals surface area contributed by atoms with Crippen molar-refractivity contribution in [1.29, 1.82) is 0 Å². The quantitative estimate of drug-likeness (QED) is 0.531. The van der Waals surface area contributed by atoms with Crippen molar-refractivity contribution in [3.8, 4) is 17.7 Å². The number of aromatic nitrogens is 1. The van der Waals surface area contributed by atoms with Crippen LogP contribution in [0.1, 0.15) is 43.6 Å². The van der Waals surface area contributed by atoms with E-state index in [1.54, 1.807) is 38.8 Å². The van der Waals surface area contributed by atoms with Crippen LogP contribution in [0.4, 0.5) is 14.9 Å². The minimum absolute atomic E-state index is 0.0952. The molecule has 3 N–H and O–H groups in total. The van der Waals surface area contributed by atoms with Gasteiger partial charge in [0, 0.05) is 37.0 Å². The van der Waals surface area contributed by atoms with Crippen molar-refractivity contribution in [3.05, 3.63) is 53.5 Å². The number of anilines is 1. The Bertz CT molecular complexity index is 1190. The van der Waals surface area contributed by atoms with Gasteiger partial charge in [-0.05, 0) is 51.1 Å². The molecule has 3 rings (SSSR count). The van der Waals surface area contributed by atoms with Gasteiger partial charge in [0.25, 0.3) is 5.91 Å². The number of hydrogen-bond donors (Lipinski definition) is 3. The summed E-state index contributed by atoms with van der Waals surface area (Å²) in [7, 11) is 1.61. The fourth-order valence-corrected chi connectivity index (χ4v) is 3.72. The summed E-state index contributed by atoms with van der Waals surface area (Å²) < 4.78 is 19.4. The lowest BCUT2D eigenvalue weighted by Gasteiger charge is -2.37. The van der Waals surface area contributed by atoms with Crippen LogP contribution in [0, 0.1) is 23.6 Å². The molecule has 0 bridgehead atoms. The van der Waals surface area contributed by atoms with Crippen LogP contribution in [0.25, 0.3) is 0 Å². The predicted molar refractivity (Wildman–Crippen MR) is 137 cm³/mol. The third-order valence-corrected chi connectivity index (χ3v) is 5.93. The van der Waals surface area contributed by atoms with E-state index in [0.717, 1.165) is 0 Å². The summed E-state index contributed by atoms with van der Waals surface area (Å²) in [5.41, 5.74) is -0.166. The molecule has 0 saturated heterocycles. The zero-order valence-corrected chi connectivity index (χ0v) is 21.7.